The van der Waals surface area contributed by atoms with E-state index in [0.717, 1.165) is 57.8 Å². The lowest BCUT2D eigenvalue weighted by Gasteiger charge is -2.18. The summed E-state index contributed by atoms with van der Waals surface area (Å²) in [6, 6.07) is 0. The van der Waals surface area contributed by atoms with Crippen LogP contribution in [-0.4, -0.2) is 37.2 Å². The molecule has 1 unspecified atom stereocenters. The summed E-state index contributed by atoms with van der Waals surface area (Å²) >= 11 is 0. The van der Waals surface area contributed by atoms with Crippen LogP contribution < -0.4 is 0 Å². The molecule has 0 aromatic rings. The second-order valence-electron chi connectivity index (χ2n) is 13.8. The van der Waals surface area contributed by atoms with Crippen LogP contribution in [0, 0.1) is 0 Å². The third kappa shape index (κ3) is 45.4. The predicted octanol–water partition coefficient (Wildman–Crippen LogP) is 14.6. The van der Waals surface area contributed by atoms with Crippen molar-refractivity contribution in [2.75, 3.05) is 13.2 Å². The normalized spacial score (nSPS) is 13.8. The van der Waals surface area contributed by atoms with Crippen molar-refractivity contribution in [2.24, 2.45) is 0 Å². The molecule has 0 amide bonds. The number of esters is 3. The van der Waals surface area contributed by atoms with E-state index in [1.807, 2.05) is 152 Å². The van der Waals surface area contributed by atoms with Gasteiger partial charge in [-0.3, -0.25) is 14.4 Å². The van der Waals surface area contributed by atoms with Gasteiger partial charge in [0.1, 0.15) is 13.2 Å². The highest BCUT2D eigenvalue weighted by atomic mass is 16.6. The molecule has 0 aliphatic rings. The fraction of sp³-hybridized carbons (Fsp3) is 0.400. The Morgan fingerprint density at radius 2 is 0.607 bits per heavy atom. The lowest BCUT2D eigenvalue weighted by Crippen LogP contribution is -2.30. The van der Waals surface area contributed by atoms with Gasteiger partial charge in [-0.05, 0) is 70.6 Å². The number of allylic oxidation sites excluding steroid dienone is 30. The molecule has 0 rings (SSSR count). The minimum atomic E-state index is -0.859. The monoisotopic (exact) mass is 833 g/mol. The highest BCUT2D eigenvalue weighted by Gasteiger charge is 2.19. The molecule has 6 heteroatoms. The van der Waals surface area contributed by atoms with Gasteiger partial charge in [0.2, 0.25) is 0 Å². The molecule has 0 aliphatic carbocycles. The van der Waals surface area contributed by atoms with E-state index in [-0.39, 0.29) is 44.4 Å². The first-order valence-corrected chi connectivity index (χ1v) is 22.5. The second-order valence-corrected chi connectivity index (χ2v) is 13.8. The van der Waals surface area contributed by atoms with E-state index in [1.54, 1.807) is 0 Å². The standard InChI is InChI=1S/C55H76O6/c1-4-7-10-13-16-19-22-25-26-27-28-31-33-36-39-42-45-48-54(57)60-51-52(61-55(58)49-46-43-40-37-34-30-24-21-18-15-12-9-6-3)50-59-53(56)47-44-41-38-35-32-29-23-20-17-14-11-8-5-2/h7-34,37,40,52H,4-6,35-36,38-39,41-51H2,1-3H3/b10-7-,11-8-,12-9-,16-13-,17-14-,18-15-,22-19-,23-20-,24-21-,26-25-,28-27+,32-29-,33-31-,34-30-,40-37-. The lowest BCUT2D eigenvalue weighted by molar-refractivity contribution is -0.167. The van der Waals surface area contributed by atoms with Gasteiger partial charge in [0.05, 0.1) is 0 Å². The third-order valence-electron chi connectivity index (χ3n) is 8.27. The molecule has 61 heavy (non-hydrogen) atoms. The van der Waals surface area contributed by atoms with Crippen molar-refractivity contribution in [3.8, 4) is 0 Å². The Morgan fingerprint density at radius 1 is 0.328 bits per heavy atom. The molecule has 0 aromatic carbocycles. The van der Waals surface area contributed by atoms with Crippen LogP contribution in [0.2, 0.25) is 0 Å². The average molecular weight is 833 g/mol. The molecule has 0 bridgehead atoms. The highest BCUT2D eigenvalue weighted by Crippen LogP contribution is 2.09. The number of carbonyl (C=O) groups excluding carboxylic acids is 3. The Balaban J connectivity index is 4.71. The first-order chi connectivity index (χ1) is 30.0. The van der Waals surface area contributed by atoms with Crippen LogP contribution in [-0.2, 0) is 28.6 Å². The molecule has 0 heterocycles. The Morgan fingerprint density at radius 3 is 0.934 bits per heavy atom. The third-order valence-corrected chi connectivity index (χ3v) is 8.27. The number of unbranched alkanes of at least 4 members (excludes halogenated alkanes) is 7. The summed E-state index contributed by atoms with van der Waals surface area (Å²) in [6.07, 6.45) is 71.6. The summed E-state index contributed by atoms with van der Waals surface area (Å²) in [7, 11) is 0. The topological polar surface area (TPSA) is 78.9 Å². The van der Waals surface area contributed by atoms with Crippen molar-refractivity contribution in [1.82, 2.24) is 0 Å². The molecule has 0 saturated carbocycles. The Hall–Kier alpha value is -5.49. The molecule has 0 spiro atoms. The Kier molecular flexibility index (Phi) is 42.9. The van der Waals surface area contributed by atoms with E-state index in [1.165, 1.54) is 0 Å². The number of hydrogen-bond donors (Lipinski definition) is 0. The van der Waals surface area contributed by atoms with E-state index in [2.05, 4.69) is 51.2 Å². The van der Waals surface area contributed by atoms with E-state index in [9.17, 15) is 14.4 Å². The van der Waals surface area contributed by atoms with Crippen LogP contribution in [0.5, 0.6) is 0 Å². The predicted molar refractivity (Wildman–Crippen MR) is 260 cm³/mol. The minimum Gasteiger partial charge on any atom is -0.462 e. The van der Waals surface area contributed by atoms with E-state index >= 15 is 0 Å². The van der Waals surface area contributed by atoms with E-state index in [0.29, 0.717) is 25.7 Å². The van der Waals surface area contributed by atoms with Crippen molar-refractivity contribution in [2.45, 2.75) is 130 Å². The first-order valence-electron chi connectivity index (χ1n) is 22.5. The van der Waals surface area contributed by atoms with Crippen molar-refractivity contribution in [3.05, 3.63) is 182 Å². The molecular formula is C55H76O6. The van der Waals surface area contributed by atoms with E-state index < -0.39 is 12.1 Å². The maximum absolute atomic E-state index is 12.7. The largest absolute Gasteiger partial charge is 0.462 e. The lowest BCUT2D eigenvalue weighted by atomic mass is 10.1. The minimum absolute atomic E-state index is 0.153. The van der Waals surface area contributed by atoms with E-state index in [4.69, 9.17) is 14.2 Å². The summed E-state index contributed by atoms with van der Waals surface area (Å²) in [5.74, 6) is -1.13. The van der Waals surface area contributed by atoms with Gasteiger partial charge in [-0.1, -0.05) is 216 Å². The van der Waals surface area contributed by atoms with Crippen LogP contribution in [0.3, 0.4) is 0 Å². The van der Waals surface area contributed by atoms with Gasteiger partial charge in [-0.2, -0.15) is 0 Å². The van der Waals surface area contributed by atoms with Crippen molar-refractivity contribution in [3.63, 3.8) is 0 Å². The second kappa shape index (κ2) is 47.2. The zero-order chi connectivity index (χ0) is 44.4. The summed E-state index contributed by atoms with van der Waals surface area (Å²) in [5.41, 5.74) is 0. The van der Waals surface area contributed by atoms with Gasteiger partial charge in [-0.25, -0.2) is 0 Å². The number of rotatable bonds is 36. The molecule has 0 aromatic heterocycles. The summed E-state index contributed by atoms with van der Waals surface area (Å²) < 4.78 is 16.6. The Labute approximate surface area is 370 Å². The number of ether oxygens (including phenoxy) is 3. The molecule has 0 aliphatic heterocycles. The maximum Gasteiger partial charge on any atom is 0.306 e. The van der Waals surface area contributed by atoms with Gasteiger partial charge in [0.15, 0.2) is 6.10 Å². The average Bonchev–Trinajstić information content (AvgIpc) is 3.26. The van der Waals surface area contributed by atoms with Gasteiger partial charge < -0.3 is 14.2 Å². The fourth-order valence-electron chi connectivity index (χ4n) is 4.98. The molecule has 332 valence electrons. The molecule has 0 fully saturated rings. The van der Waals surface area contributed by atoms with Crippen LogP contribution in [0.1, 0.15) is 124 Å². The van der Waals surface area contributed by atoms with Crippen LogP contribution in [0.25, 0.3) is 0 Å². The molecule has 6 nitrogen and oxygen atoms in total. The van der Waals surface area contributed by atoms with Gasteiger partial charge in [0, 0.05) is 19.3 Å². The quantitative estimate of drug-likeness (QED) is 0.0271. The first kappa shape index (κ1) is 55.5. The number of hydrogen-bond acceptors (Lipinski definition) is 6. The molecule has 0 N–H and O–H groups in total. The van der Waals surface area contributed by atoms with Crippen molar-refractivity contribution < 1.29 is 28.6 Å². The summed E-state index contributed by atoms with van der Waals surface area (Å²) in [4.78, 5) is 37.8. The van der Waals surface area contributed by atoms with Crippen LogP contribution in [0.15, 0.2) is 182 Å². The van der Waals surface area contributed by atoms with Gasteiger partial charge >= 0.3 is 17.9 Å². The zero-order valence-corrected chi connectivity index (χ0v) is 37.6. The highest BCUT2D eigenvalue weighted by molar-refractivity contribution is 5.71. The smallest absolute Gasteiger partial charge is 0.306 e. The molecule has 0 saturated heterocycles. The van der Waals surface area contributed by atoms with Crippen LogP contribution in [0.4, 0.5) is 0 Å². The number of carbonyl (C=O) groups is 3. The maximum atomic E-state index is 12.7. The zero-order valence-electron chi connectivity index (χ0n) is 37.6. The van der Waals surface area contributed by atoms with Crippen LogP contribution >= 0.6 is 0 Å². The fourth-order valence-corrected chi connectivity index (χ4v) is 4.98. The molecule has 1 atom stereocenters. The van der Waals surface area contributed by atoms with Crippen molar-refractivity contribution >= 4 is 17.9 Å². The SMILES string of the molecule is CC\C=C/C=C\C=C/C=C\C=C/CCCC(=O)OC(COC(=O)CCCCC\C=C/C=C\C=C/C=C\CC)COC(=O)CCCCC\C=C/C=C/C=C\C=C/C=C\C=C/CC. The van der Waals surface area contributed by atoms with Crippen molar-refractivity contribution in [1.29, 1.82) is 0 Å². The summed E-state index contributed by atoms with van der Waals surface area (Å²) in [6.45, 7) is 6.01. The van der Waals surface area contributed by atoms with Gasteiger partial charge in [-0.15, -0.1) is 0 Å². The summed E-state index contributed by atoms with van der Waals surface area (Å²) in [5, 5.41) is 0. The van der Waals surface area contributed by atoms with Gasteiger partial charge in [0.25, 0.3) is 0 Å². The molecule has 0 radical (unpaired) electrons. The molecular weight excluding hydrogens is 757 g/mol. The Bertz CT molecular complexity index is 1560.